The fourth-order valence-electron chi connectivity index (χ4n) is 0.723. The number of thiazole rings is 1. The first-order chi connectivity index (χ1) is 4.86. The maximum absolute atomic E-state index is 5.55. The number of nitrogens with zero attached hydrogens (tertiary/aromatic N) is 1. The molecule has 0 radical (unpaired) electrons. The lowest BCUT2D eigenvalue weighted by Crippen LogP contribution is -1.86. The van der Waals surface area contributed by atoms with Crippen molar-refractivity contribution in [3.05, 3.63) is 16.1 Å². The van der Waals surface area contributed by atoms with Crippen molar-refractivity contribution < 1.29 is 0 Å². The van der Waals surface area contributed by atoms with Crippen LogP contribution >= 0.6 is 22.9 Å². The average Bonchev–Trinajstić information content (AvgIpc) is 2.37. The minimum Gasteiger partial charge on any atom is -0.246 e. The molecule has 0 N–H and O–H groups in total. The van der Waals surface area contributed by atoms with Crippen LogP contribution in [0.25, 0.3) is 0 Å². The lowest BCUT2D eigenvalue weighted by atomic mass is 10.4. The van der Waals surface area contributed by atoms with Crippen molar-refractivity contribution in [3.8, 4) is 0 Å². The molecule has 3 heteroatoms. The molecule has 1 nitrogen and oxygen atoms in total. The van der Waals surface area contributed by atoms with Gasteiger partial charge in [-0.25, -0.2) is 4.98 Å². The second kappa shape index (κ2) is 3.94. The standard InChI is InChI=1S/C7H10ClNS/c1-2-7-9-6(3-4-8)5-10-7/h5H,2-4H2,1H3. The minimum atomic E-state index is 0.673. The highest BCUT2D eigenvalue weighted by Gasteiger charge is 1.97. The number of halogens is 1. The molecule has 0 fully saturated rings. The number of alkyl halides is 1. The Labute approximate surface area is 70.1 Å². The Morgan fingerprint density at radius 2 is 2.50 bits per heavy atom. The molecule has 0 saturated carbocycles. The Morgan fingerprint density at radius 3 is 3.00 bits per heavy atom. The highest BCUT2D eigenvalue weighted by Crippen LogP contribution is 2.10. The van der Waals surface area contributed by atoms with Gasteiger partial charge in [-0.2, -0.15) is 0 Å². The lowest BCUT2D eigenvalue weighted by Gasteiger charge is -1.86. The van der Waals surface area contributed by atoms with E-state index in [1.165, 1.54) is 5.01 Å². The molecule has 0 spiro atoms. The van der Waals surface area contributed by atoms with E-state index >= 15 is 0 Å². The van der Waals surface area contributed by atoms with E-state index in [1.807, 2.05) is 0 Å². The van der Waals surface area contributed by atoms with Crippen LogP contribution in [0.2, 0.25) is 0 Å². The zero-order valence-corrected chi connectivity index (χ0v) is 7.50. The molecule has 0 aliphatic heterocycles. The van der Waals surface area contributed by atoms with Crippen LogP contribution < -0.4 is 0 Å². The van der Waals surface area contributed by atoms with Gasteiger partial charge in [0.05, 0.1) is 10.7 Å². The predicted octanol–water partition coefficient (Wildman–Crippen LogP) is 2.49. The molecule has 1 rings (SSSR count). The Kier molecular flexibility index (Phi) is 3.16. The first-order valence-electron chi connectivity index (χ1n) is 3.36. The molecular formula is C7H10ClNS. The summed E-state index contributed by atoms with van der Waals surface area (Å²) in [5.41, 5.74) is 1.14. The van der Waals surface area contributed by atoms with Gasteiger partial charge in [0, 0.05) is 17.7 Å². The van der Waals surface area contributed by atoms with Crippen LogP contribution in [-0.2, 0) is 12.8 Å². The average molecular weight is 176 g/mol. The second-order valence-corrected chi connectivity index (χ2v) is 3.35. The third kappa shape index (κ3) is 1.96. The summed E-state index contributed by atoms with van der Waals surface area (Å²) in [4.78, 5) is 4.35. The molecular weight excluding hydrogens is 166 g/mol. The van der Waals surface area contributed by atoms with Crippen molar-refractivity contribution in [1.29, 1.82) is 0 Å². The first-order valence-corrected chi connectivity index (χ1v) is 4.77. The molecule has 0 aromatic carbocycles. The quantitative estimate of drug-likeness (QED) is 0.644. The number of aromatic nitrogens is 1. The van der Waals surface area contributed by atoms with Gasteiger partial charge in [-0.3, -0.25) is 0 Å². The van der Waals surface area contributed by atoms with Crippen LogP contribution in [0.5, 0.6) is 0 Å². The smallest absolute Gasteiger partial charge is 0.0925 e. The Morgan fingerprint density at radius 1 is 1.70 bits per heavy atom. The second-order valence-electron chi connectivity index (χ2n) is 2.03. The summed E-state index contributed by atoms with van der Waals surface area (Å²) in [5, 5.41) is 3.29. The van der Waals surface area contributed by atoms with Crippen LogP contribution in [0.1, 0.15) is 17.6 Å². The van der Waals surface area contributed by atoms with E-state index in [4.69, 9.17) is 11.6 Å². The van der Waals surface area contributed by atoms with Crippen molar-refractivity contribution in [1.82, 2.24) is 4.98 Å². The molecule has 0 unspecified atom stereocenters. The summed E-state index contributed by atoms with van der Waals surface area (Å²) in [7, 11) is 0. The van der Waals surface area contributed by atoms with Gasteiger partial charge in [0.2, 0.25) is 0 Å². The molecule has 0 aliphatic rings. The van der Waals surface area contributed by atoms with E-state index in [0.717, 1.165) is 18.5 Å². The van der Waals surface area contributed by atoms with E-state index in [1.54, 1.807) is 11.3 Å². The minimum absolute atomic E-state index is 0.673. The Hall–Kier alpha value is -0.0800. The van der Waals surface area contributed by atoms with E-state index in [9.17, 15) is 0 Å². The number of hydrogen-bond acceptors (Lipinski definition) is 2. The Bertz CT molecular complexity index is 197. The van der Waals surface area contributed by atoms with E-state index in [-0.39, 0.29) is 0 Å². The summed E-state index contributed by atoms with van der Waals surface area (Å²) in [6.45, 7) is 2.11. The molecule has 56 valence electrons. The zero-order valence-electron chi connectivity index (χ0n) is 5.93. The van der Waals surface area contributed by atoms with Gasteiger partial charge in [-0.15, -0.1) is 22.9 Å². The molecule has 1 aromatic heterocycles. The van der Waals surface area contributed by atoms with Gasteiger partial charge in [-0.05, 0) is 6.42 Å². The van der Waals surface area contributed by atoms with Gasteiger partial charge in [0.1, 0.15) is 0 Å². The third-order valence-electron chi connectivity index (χ3n) is 1.25. The maximum Gasteiger partial charge on any atom is 0.0925 e. The van der Waals surface area contributed by atoms with E-state index in [0.29, 0.717) is 5.88 Å². The molecule has 10 heavy (non-hydrogen) atoms. The molecule has 0 amide bonds. The van der Waals surface area contributed by atoms with Crippen LogP contribution in [0.4, 0.5) is 0 Å². The van der Waals surface area contributed by atoms with Crippen molar-refractivity contribution in [2.45, 2.75) is 19.8 Å². The largest absolute Gasteiger partial charge is 0.246 e. The predicted molar refractivity (Wildman–Crippen MR) is 45.9 cm³/mol. The Balaban J connectivity index is 2.59. The number of rotatable bonds is 3. The molecule has 0 atom stereocenters. The highest BCUT2D eigenvalue weighted by molar-refractivity contribution is 7.09. The monoisotopic (exact) mass is 175 g/mol. The fourth-order valence-corrected chi connectivity index (χ4v) is 1.70. The summed E-state index contributed by atoms with van der Waals surface area (Å²) >= 11 is 7.27. The molecule has 1 aromatic rings. The van der Waals surface area contributed by atoms with Crippen LogP contribution in [0, 0.1) is 0 Å². The SMILES string of the molecule is CCc1nc(CCCl)cs1. The molecule has 0 saturated heterocycles. The third-order valence-corrected chi connectivity index (χ3v) is 2.48. The van der Waals surface area contributed by atoms with Crippen molar-refractivity contribution in [2.75, 3.05) is 5.88 Å². The van der Waals surface area contributed by atoms with Gasteiger partial charge in [-0.1, -0.05) is 6.92 Å². The van der Waals surface area contributed by atoms with Crippen LogP contribution in [0.15, 0.2) is 5.38 Å². The van der Waals surface area contributed by atoms with Crippen LogP contribution in [-0.4, -0.2) is 10.9 Å². The van der Waals surface area contributed by atoms with Gasteiger partial charge in [0.15, 0.2) is 0 Å². The highest BCUT2D eigenvalue weighted by atomic mass is 35.5. The lowest BCUT2D eigenvalue weighted by molar-refractivity contribution is 1.01. The van der Waals surface area contributed by atoms with Crippen LogP contribution in [0.3, 0.4) is 0 Å². The van der Waals surface area contributed by atoms with E-state index < -0.39 is 0 Å². The zero-order chi connectivity index (χ0) is 7.40. The summed E-state index contributed by atoms with van der Waals surface area (Å²) in [6, 6.07) is 0. The first kappa shape index (κ1) is 8.02. The number of hydrogen-bond donors (Lipinski definition) is 0. The summed E-state index contributed by atoms with van der Waals surface area (Å²) in [5.74, 6) is 0.673. The van der Waals surface area contributed by atoms with E-state index in [2.05, 4.69) is 17.3 Å². The fraction of sp³-hybridized carbons (Fsp3) is 0.571. The molecule has 1 heterocycles. The molecule has 0 aliphatic carbocycles. The maximum atomic E-state index is 5.55. The van der Waals surface area contributed by atoms with Crippen molar-refractivity contribution in [3.63, 3.8) is 0 Å². The van der Waals surface area contributed by atoms with Gasteiger partial charge >= 0.3 is 0 Å². The summed E-state index contributed by atoms with van der Waals surface area (Å²) in [6.07, 6.45) is 1.94. The summed E-state index contributed by atoms with van der Waals surface area (Å²) < 4.78 is 0. The molecule has 0 bridgehead atoms. The van der Waals surface area contributed by atoms with Gasteiger partial charge < -0.3 is 0 Å². The van der Waals surface area contributed by atoms with Gasteiger partial charge in [0.25, 0.3) is 0 Å². The normalized spacial score (nSPS) is 10.2. The van der Waals surface area contributed by atoms with Crippen molar-refractivity contribution >= 4 is 22.9 Å². The van der Waals surface area contributed by atoms with Crippen molar-refractivity contribution in [2.24, 2.45) is 0 Å². The topological polar surface area (TPSA) is 12.9 Å². The number of aryl methyl sites for hydroxylation is 2.